The van der Waals surface area contributed by atoms with E-state index in [0.717, 1.165) is 27.7 Å². The lowest BCUT2D eigenvalue weighted by Gasteiger charge is -2.09. The minimum Gasteiger partial charge on any atom is -0.347 e. The van der Waals surface area contributed by atoms with E-state index in [2.05, 4.69) is 5.32 Å². The fraction of sp³-hybridized carbons (Fsp3) is 0.200. The predicted molar refractivity (Wildman–Crippen MR) is 96.5 cm³/mol. The summed E-state index contributed by atoms with van der Waals surface area (Å²) < 4.78 is 1.94. The fourth-order valence-electron chi connectivity index (χ4n) is 2.97. The molecular weight excluding hydrogens is 300 g/mol. The van der Waals surface area contributed by atoms with Gasteiger partial charge in [0.2, 0.25) is 0 Å². The average molecular weight is 320 g/mol. The molecule has 0 saturated heterocycles. The summed E-state index contributed by atoms with van der Waals surface area (Å²) in [5.41, 5.74) is 4.83. The summed E-state index contributed by atoms with van der Waals surface area (Å²) in [6, 6.07) is 13.4. The monoisotopic (exact) mass is 320 g/mol. The number of anilines is 1. The Bertz CT molecular complexity index is 967. The Labute approximate surface area is 141 Å². The van der Waals surface area contributed by atoms with E-state index in [9.17, 15) is 9.59 Å². The number of benzene rings is 2. The number of carbonyl (C=O) groups is 2. The summed E-state index contributed by atoms with van der Waals surface area (Å²) in [7, 11) is 1.90. The van der Waals surface area contributed by atoms with Gasteiger partial charge >= 0.3 is 0 Å². The van der Waals surface area contributed by atoms with Crippen molar-refractivity contribution >= 4 is 28.3 Å². The van der Waals surface area contributed by atoms with E-state index in [0.29, 0.717) is 11.3 Å². The van der Waals surface area contributed by atoms with Gasteiger partial charge in [-0.3, -0.25) is 9.59 Å². The Morgan fingerprint density at radius 2 is 1.71 bits per heavy atom. The molecule has 1 heterocycles. The molecule has 122 valence electrons. The zero-order valence-electron chi connectivity index (χ0n) is 14.3. The second kappa shape index (κ2) is 5.96. The smallest absolute Gasteiger partial charge is 0.296 e. The molecule has 4 nitrogen and oxygen atoms in total. The molecule has 0 spiro atoms. The highest BCUT2D eigenvalue weighted by Gasteiger charge is 2.24. The first-order valence-electron chi connectivity index (χ1n) is 7.87. The third kappa shape index (κ3) is 2.60. The van der Waals surface area contributed by atoms with Crippen LogP contribution in [0.4, 0.5) is 5.69 Å². The summed E-state index contributed by atoms with van der Waals surface area (Å²) in [6.07, 6.45) is 0. The Kier molecular flexibility index (Phi) is 3.97. The van der Waals surface area contributed by atoms with Crippen LogP contribution in [0.2, 0.25) is 0 Å². The maximum absolute atomic E-state index is 12.8. The minimum absolute atomic E-state index is 0.468. The molecule has 0 radical (unpaired) electrons. The maximum Gasteiger partial charge on any atom is 0.296 e. The number of nitrogens with one attached hydrogen (secondary N) is 1. The topological polar surface area (TPSA) is 51.1 Å². The molecule has 0 fully saturated rings. The Balaban J connectivity index is 1.99. The van der Waals surface area contributed by atoms with E-state index in [1.807, 2.05) is 74.9 Å². The minimum atomic E-state index is -0.608. The number of hydrogen-bond donors (Lipinski definition) is 1. The van der Waals surface area contributed by atoms with Crippen molar-refractivity contribution in [1.82, 2.24) is 4.57 Å². The number of ketones is 1. The number of hydrogen-bond acceptors (Lipinski definition) is 2. The largest absolute Gasteiger partial charge is 0.347 e. The van der Waals surface area contributed by atoms with E-state index >= 15 is 0 Å². The average Bonchev–Trinajstić information content (AvgIpc) is 2.82. The number of para-hydroxylation sites is 1. The summed E-state index contributed by atoms with van der Waals surface area (Å²) >= 11 is 0. The number of carbonyl (C=O) groups excluding carboxylic acids is 2. The first-order valence-corrected chi connectivity index (χ1v) is 7.87. The van der Waals surface area contributed by atoms with Crippen molar-refractivity contribution in [2.45, 2.75) is 20.8 Å². The van der Waals surface area contributed by atoms with Crippen molar-refractivity contribution in [1.29, 1.82) is 0 Å². The quantitative estimate of drug-likeness (QED) is 0.587. The number of aromatic nitrogens is 1. The highest BCUT2D eigenvalue weighted by atomic mass is 16.2. The van der Waals surface area contributed by atoms with E-state index in [1.165, 1.54) is 0 Å². The second-order valence-corrected chi connectivity index (χ2v) is 6.14. The van der Waals surface area contributed by atoms with Gasteiger partial charge < -0.3 is 9.88 Å². The van der Waals surface area contributed by atoms with Crippen LogP contribution in [-0.4, -0.2) is 16.3 Å². The van der Waals surface area contributed by atoms with Crippen LogP contribution in [0.25, 0.3) is 10.9 Å². The zero-order chi connectivity index (χ0) is 17.4. The van der Waals surface area contributed by atoms with Gasteiger partial charge in [-0.05, 0) is 44.0 Å². The Morgan fingerprint density at radius 1 is 1.00 bits per heavy atom. The molecule has 0 unspecified atom stereocenters. The lowest BCUT2D eigenvalue weighted by atomic mass is 10.1. The number of amides is 1. The SMILES string of the molecule is Cc1ccc(C)c(NC(=O)C(=O)c2c(C)n(C)c3ccccc23)c1. The van der Waals surface area contributed by atoms with Crippen LogP contribution in [0.15, 0.2) is 42.5 Å². The number of fused-ring (bicyclic) bond motifs is 1. The fourth-order valence-corrected chi connectivity index (χ4v) is 2.97. The van der Waals surface area contributed by atoms with Crippen molar-refractivity contribution < 1.29 is 9.59 Å². The van der Waals surface area contributed by atoms with Crippen LogP contribution in [0.1, 0.15) is 27.2 Å². The van der Waals surface area contributed by atoms with Gasteiger partial charge in [0.25, 0.3) is 11.7 Å². The molecule has 0 aliphatic heterocycles. The molecule has 1 N–H and O–H groups in total. The molecule has 4 heteroatoms. The van der Waals surface area contributed by atoms with Crippen LogP contribution in [-0.2, 0) is 11.8 Å². The van der Waals surface area contributed by atoms with Crippen LogP contribution in [0, 0.1) is 20.8 Å². The van der Waals surface area contributed by atoms with Gasteiger partial charge in [-0.15, -0.1) is 0 Å². The highest BCUT2D eigenvalue weighted by molar-refractivity contribution is 6.48. The van der Waals surface area contributed by atoms with E-state index in [-0.39, 0.29) is 0 Å². The molecular formula is C20H20N2O2. The van der Waals surface area contributed by atoms with Crippen molar-refractivity contribution in [2.75, 3.05) is 5.32 Å². The molecule has 0 bridgehead atoms. The molecule has 0 saturated carbocycles. The van der Waals surface area contributed by atoms with Crippen LogP contribution >= 0.6 is 0 Å². The molecule has 2 aromatic carbocycles. The van der Waals surface area contributed by atoms with Crippen LogP contribution < -0.4 is 5.32 Å². The first kappa shape index (κ1) is 16.0. The normalized spacial score (nSPS) is 10.8. The Hall–Kier alpha value is -2.88. The van der Waals surface area contributed by atoms with Gasteiger partial charge in [0.1, 0.15) is 0 Å². The van der Waals surface area contributed by atoms with Crippen molar-refractivity contribution in [2.24, 2.45) is 7.05 Å². The predicted octanol–water partition coefficient (Wildman–Crippen LogP) is 3.92. The summed E-state index contributed by atoms with van der Waals surface area (Å²) in [4.78, 5) is 25.3. The van der Waals surface area contributed by atoms with E-state index in [1.54, 1.807) is 0 Å². The zero-order valence-corrected chi connectivity index (χ0v) is 14.3. The van der Waals surface area contributed by atoms with Gasteiger partial charge in [0, 0.05) is 29.3 Å². The highest BCUT2D eigenvalue weighted by Crippen LogP contribution is 2.26. The van der Waals surface area contributed by atoms with Crippen LogP contribution in [0.5, 0.6) is 0 Å². The number of Topliss-reactive ketones (excluding diaryl/α,β-unsaturated/α-hetero) is 1. The molecule has 1 aromatic heterocycles. The Morgan fingerprint density at radius 3 is 2.46 bits per heavy atom. The van der Waals surface area contributed by atoms with Crippen LogP contribution in [0.3, 0.4) is 0 Å². The second-order valence-electron chi connectivity index (χ2n) is 6.14. The number of aryl methyl sites for hydroxylation is 3. The maximum atomic E-state index is 12.8. The number of rotatable bonds is 3. The van der Waals surface area contributed by atoms with Gasteiger partial charge in [-0.25, -0.2) is 0 Å². The van der Waals surface area contributed by atoms with Crippen molar-refractivity contribution in [3.8, 4) is 0 Å². The standard InChI is InChI=1S/C20H20N2O2/c1-12-9-10-13(2)16(11-12)21-20(24)19(23)18-14(3)22(4)17-8-6-5-7-15(17)18/h5-11H,1-4H3,(H,21,24). The summed E-state index contributed by atoms with van der Waals surface area (Å²) in [5.74, 6) is -1.12. The third-order valence-corrected chi connectivity index (χ3v) is 4.47. The molecule has 0 atom stereocenters. The molecule has 0 aliphatic rings. The molecule has 3 aromatic rings. The van der Waals surface area contributed by atoms with Crippen molar-refractivity contribution in [3.05, 3.63) is 64.8 Å². The van der Waals surface area contributed by atoms with Crippen molar-refractivity contribution in [3.63, 3.8) is 0 Å². The number of nitrogens with zero attached hydrogens (tertiary/aromatic N) is 1. The molecule has 24 heavy (non-hydrogen) atoms. The van der Waals surface area contributed by atoms with E-state index < -0.39 is 11.7 Å². The lowest BCUT2D eigenvalue weighted by Crippen LogP contribution is -2.24. The summed E-state index contributed by atoms with van der Waals surface area (Å²) in [6.45, 7) is 5.72. The molecule has 1 amide bonds. The molecule has 0 aliphatic carbocycles. The van der Waals surface area contributed by atoms with E-state index in [4.69, 9.17) is 0 Å². The third-order valence-electron chi connectivity index (χ3n) is 4.47. The van der Waals surface area contributed by atoms with Gasteiger partial charge in [0.15, 0.2) is 0 Å². The van der Waals surface area contributed by atoms with Gasteiger partial charge in [0.05, 0.1) is 5.56 Å². The molecule has 3 rings (SSSR count). The lowest BCUT2D eigenvalue weighted by molar-refractivity contribution is -0.112. The summed E-state index contributed by atoms with van der Waals surface area (Å²) in [5, 5.41) is 3.56. The first-order chi connectivity index (χ1) is 11.4. The van der Waals surface area contributed by atoms with Gasteiger partial charge in [-0.2, -0.15) is 0 Å². The van der Waals surface area contributed by atoms with Gasteiger partial charge in [-0.1, -0.05) is 30.3 Å².